The number of hydrogen-bond donors (Lipinski definition) is 0. The molecule has 0 aliphatic carbocycles. The Morgan fingerprint density at radius 2 is 1.48 bits per heavy atom. The Kier molecular flexibility index (Phi) is 7.96. The molecule has 0 saturated carbocycles. The zero-order valence-electron chi connectivity index (χ0n) is 14.6. The van der Waals surface area contributed by atoms with Crippen LogP contribution in [0.25, 0.3) is 0 Å². The first-order chi connectivity index (χ1) is 11.0. The molecule has 0 aromatic heterocycles. The highest BCUT2D eigenvalue weighted by molar-refractivity contribution is 5.95. The molecular weight excluding hydrogens is 284 g/mol. The summed E-state index contributed by atoms with van der Waals surface area (Å²) in [5, 5.41) is 0. The zero-order valence-corrected chi connectivity index (χ0v) is 14.6. The van der Waals surface area contributed by atoms with Crippen molar-refractivity contribution in [3.8, 4) is 0 Å². The van der Waals surface area contributed by atoms with Crippen molar-refractivity contribution in [3.63, 3.8) is 0 Å². The number of aryl methyl sites for hydroxylation is 2. The minimum absolute atomic E-state index is 0.125. The second-order valence-corrected chi connectivity index (χ2v) is 5.74. The SMILES string of the molecule is CC(=O)c1ccc(C)cc1.CCCCc1ccccc1C(C)=O. The molecule has 2 rings (SSSR count). The molecule has 2 heteroatoms. The van der Waals surface area contributed by atoms with Gasteiger partial charge >= 0.3 is 0 Å². The van der Waals surface area contributed by atoms with Crippen molar-refractivity contribution in [2.24, 2.45) is 0 Å². The minimum Gasteiger partial charge on any atom is -0.295 e. The van der Waals surface area contributed by atoms with Crippen LogP contribution in [-0.4, -0.2) is 11.6 Å². The minimum atomic E-state index is 0.125. The summed E-state index contributed by atoms with van der Waals surface area (Å²) in [7, 11) is 0. The van der Waals surface area contributed by atoms with Crippen LogP contribution in [-0.2, 0) is 6.42 Å². The Bertz CT molecular complexity index is 639. The van der Waals surface area contributed by atoms with Crippen LogP contribution in [0.4, 0.5) is 0 Å². The van der Waals surface area contributed by atoms with Gasteiger partial charge in [0.05, 0.1) is 0 Å². The van der Waals surface area contributed by atoms with E-state index in [1.165, 1.54) is 17.5 Å². The van der Waals surface area contributed by atoms with Crippen molar-refractivity contribution < 1.29 is 9.59 Å². The van der Waals surface area contributed by atoms with Crippen LogP contribution < -0.4 is 0 Å². The summed E-state index contributed by atoms with van der Waals surface area (Å²) >= 11 is 0. The molecule has 0 radical (unpaired) electrons. The first-order valence-corrected chi connectivity index (χ1v) is 8.12. The number of unbranched alkanes of at least 4 members (excludes halogenated alkanes) is 1. The molecule has 0 N–H and O–H groups in total. The van der Waals surface area contributed by atoms with Crippen LogP contribution in [0.5, 0.6) is 0 Å². The van der Waals surface area contributed by atoms with Gasteiger partial charge in [-0.25, -0.2) is 0 Å². The van der Waals surface area contributed by atoms with E-state index in [-0.39, 0.29) is 11.6 Å². The molecule has 0 fully saturated rings. The van der Waals surface area contributed by atoms with Gasteiger partial charge in [-0.3, -0.25) is 9.59 Å². The molecule has 0 spiro atoms. The topological polar surface area (TPSA) is 34.1 Å². The fourth-order valence-corrected chi connectivity index (χ4v) is 2.24. The van der Waals surface area contributed by atoms with Gasteiger partial charge in [0.15, 0.2) is 11.6 Å². The molecular formula is C21H26O2. The van der Waals surface area contributed by atoms with E-state index in [9.17, 15) is 9.59 Å². The van der Waals surface area contributed by atoms with E-state index >= 15 is 0 Å². The summed E-state index contributed by atoms with van der Waals surface area (Å²) < 4.78 is 0. The van der Waals surface area contributed by atoms with Crippen LogP contribution >= 0.6 is 0 Å². The lowest BCUT2D eigenvalue weighted by Gasteiger charge is -2.04. The smallest absolute Gasteiger partial charge is 0.160 e. The van der Waals surface area contributed by atoms with Crippen LogP contribution in [0.2, 0.25) is 0 Å². The van der Waals surface area contributed by atoms with Crippen LogP contribution in [0.15, 0.2) is 48.5 Å². The highest BCUT2D eigenvalue weighted by atomic mass is 16.1. The Balaban J connectivity index is 0.000000238. The van der Waals surface area contributed by atoms with Gasteiger partial charge < -0.3 is 0 Å². The highest BCUT2D eigenvalue weighted by Crippen LogP contribution is 2.12. The second-order valence-electron chi connectivity index (χ2n) is 5.74. The zero-order chi connectivity index (χ0) is 17.2. The fourth-order valence-electron chi connectivity index (χ4n) is 2.24. The molecule has 0 bridgehead atoms. The molecule has 0 aliphatic heterocycles. The van der Waals surface area contributed by atoms with Crippen LogP contribution in [0.3, 0.4) is 0 Å². The normalized spacial score (nSPS) is 9.74. The molecule has 122 valence electrons. The van der Waals surface area contributed by atoms with E-state index in [1.807, 2.05) is 55.5 Å². The Hall–Kier alpha value is -2.22. The maximum atomic E-state index is 11.2. The Morgan fingerprint density at radius 1 is 0.870 bits per heavy atom. The van der Waals surface area contributed by atoms with Gasteiger partial charge in [0.1, 0.15) is 0 Å². The van der Waals surface area contributed by atoms with Gasteiger partial charge in [-0.15, -0.1) is 0 Å². The van der Waals surface area contributed by atoms with Crippen molar-refractivity contribution in [3.05, 3.63) is 70.8 Å². The third-order valence-corrected chi connectivity index (χ3v) is 3.65. The molecule has 2 aromatic rings. The summed E-state index contributed by atoms with van der Waals surface area (Å²) in [6.45, 7) is 7.37. The van der Waals surface area contributed by atoms with Gasteiger partial charge in [-0.05, 0) is 39.2 Å². The number of carbonyl (C=O) groups excluding carboxylic acids is 2. The van der Waals surface area contributed by atoms with Gasteiger partial charge in [0, 0.05) is 11.1 Å². The molecule has 2 aromatic carbocycles. The van der Waals surface area contributed by atoms with Crippen molar-refractivity contribution in [2.75, 3.05) is 0 Å². The molecule has 0 heterocycles. The highest BCUT2D eigenvalue weighted by Gasteiger charge is 2.04. The van der Waals surface area contributed by atoms with E-state index in [1.54, 1.807) is 13.8 Å². The monoisotopic (exact) mass is 310 g/mol. The van der Waals surface area contributed by atoms with Gasteiger partial charge in [0.2, 0.25) is 0 Å². The lowest BCUT2D eigenvalue weighted by atomic mass is 10.00. The summed E-state index contributed by atoms with van der Waals surface area (Å²) in [4.78, 5) is 22.0. The lowest BCUT2D eigenvalue weighted by molar-refractivity contribution is 0.100. The van der Waals surface area contributed by atoms with Crippen LogP contribution in [0.1, 0.15) is 65.5 Å². The first kappa shape index (κ1) is 18.8. The standard InChI is InChI=1S/C12H16O.C9H10O/c1-3-4-7-11-8-5-6-9-12(11)10(2)13;1-7-3-5-9(6-4-7)8(2)10/h5-6,8-9H,3-4,7H2,1-2H3;3-6H,1-2H3. The number of benzene rings is 2. The number of ketones is 2. The second kappa shape index (κ2) is 9.73. The molecule has 0 atom stereocenters. The predicted octanol–water partition coefficient (Wildman–Crippen LogP) is 5.43. The van der Waals surface area contributed by atoms with E-state index in [0.717, 1.165) is 24.0 Å². The summed E-state index contributed by atoms with van der Waals surface area (Å²) in [5.41, 5.74) is 4.04. The van der Waals surface area contributed by atoms with Crippen molar-refractivity contribution >= 4 is 11.6 Å². The van der Waals surface area contributed by atoms with E-state index in [2.05, 4.69) is 6.92 Å². The Morgan fingerprint density at radius 3 is 2.00 bits per heavy atom. The largest absolute Gasteiger partial charge is 0.295 e. The molecule has 0 unspecified atom stereocenters. The van der Waals surface area contributed by atoms with Crippen molar-refractivity contribution in [2.45, 2.75) is 47.0 Å². The molecule has 0 amide bonds. The average molecular weight is 310 g/mol. The summed E-state index contributed by atoms with van der Waals surface area (Å²) in [5.74, 6) is 0.298. The number of Topliss-reactive ketones (excluding diaryl/α,β-unsaturated/α-hetero) is 2. The third kappa shape index (κ3) is 6.60. The Labute approximate surface area is 139 Å². The molecule has 23 heavy (non-hydrogen) atoms. The lowest BCUT2D eigenvalue weighted by Crippen LogP contribution is -1.98. The predicted molar refractivity (Wildman–Crippen MR) is 96.2 cm³/mol. The maximum Gasteiger partial charge on any atom is 0.160 e. The number of hydrogen-bond acceptors (Lipinski definition) is 2. The molecule has 2 nitrogen and oxygen atoms in total. The van der Waals surface area contributed by atoms with E-state index in [4.69, 9.17) is 0 Å². The van der Waals surface area contributed by atoms with Gasteiger partial charge in [-0.2, -0.15) is 0 Å². The maximum absolute atomic E-state index is 11.2. The van der Waals surface area contributed by atoms with E-state index in [0.29, 0.717) is 0 Å². The van der Waals surface area contributed by atoms with Crippen molar-refractivity contribution in [1.29, 1.82) is 0 Å². The third-order valence-electron chi connectivity index (χ3n) is 3.65. The summed E-state index contributed by atoms with van der Waals surface area (Å²) in [6, 6.07) is 15.5. The average Bonchev–Trinajstić information content (AvgIpc) is 2.54. The first-order valence-electron chi connectivity index (χ1n) is 8.12. The molecule has 0 saturated heterocycles. The van der Waals surface area contributed by atoms with Gasteiger partial charge in [-0.1, -0.05) is 67.4 Å². The van der Waals surface area contributed by atoms with Gasteiger partial charge in [0.25, 0.3) is 0 Å². The number of carbonyl (C=O) groups is 2. The van der Waals surface area contributed by atoms with Crippen molar-refractivity contribution in [1.82, 2.24) is 0 Å². The van der Waals surface area contributed by atoms with Crippen LogP contribution in [0, 0.1) is 6.92 Å². The number of rotatable bonds is 5. The molecule has 0 aliphatic rings. The quantitative estimate of drug-likeness (QED) is 0.690. The fraction of sp³-hybridized carbons (Fsp3) is 0.333. The summed E-state index contributed by atoms with van der Waals surface area (Å²) in [6.07, 6.45) is 3.35. The van der Waals surface area contributed by atoms with E-state index < -0.39 is 0 Å².